The Morgan fingerprint density at radius 1 is 1.30 bits per heavy atom. The third-order valence-corrected chi connectivity index (χ3v) is 3.63. The molecule has 1 aromatic rings. The summed E-state index contributed by atoms with van der Waals surface area (Å²) in [4.78, 5) is 25.2. The number of rotatable bonds is 5. The smallest absolute Gasteiger partial charge is 0.222 e. The summed E-state index contributed by atoms with van der Waals surface area (Å²) in [6, 6.07) is 7.98. The predicted octanol–water partition coefficient (Wildman–Crippen LogP) is 2.08. The Bertz CT molecular complexity index is 497. The highest BCUT2D eigenvalue weighted by molar-refractivity contribution is 5.78. The van der Waals surface area contributed by atoms with Crippen molar-refractivity contribution in [3.05, 3.63) is 35.4 Å². The summed E-state index contributed by atoms with van der Waals surface area (Å²) in [7, 11) is 0. The Kier molecular flexibility index (Phi) is 4.77. The summed E-state index contributed by atoms with van der Waals surface area (Å²) < 4.78 is 0. The van der Waals surface area contributed by atoms with Gasteiger partial charge in [-0.3, -0.25) is 9.59 Å². The van der Waals surface area contributed by atoms with Crippen molar-refractivity contribution in [3.63, 3.8) is 0 Å². The number of hydrogen-bond acceptors (Lipinski definition) is 2. The second-order valence-electron chi connectivity index (χ2n) is 5.56. The Balaban J connectivity index is 2.02. The van der Waals surface area contributed by atoms with E-state index in [1.54, 1.807) is 0 Å². The van der Waals surface area contributed by atoms with Gasteiger partial charge >= 0.3 is 0 Å². The molecule has 0 spiro atoms. The van der Waals surface area contributed by atoms with Crippen molar-refractivity contribution in [3.8, 4) is 0 Å². The molecule has 0 aromatic heterocycles. The normalized spacial score (nSPS) is 14.9. The monoisotopic (exact) mass is 274 g/mol. The second kappa shape index (κ2) is 6.55. The first-order valence-corrected chi connectivity index (χ1v) is 7.20. The lowest BCUT2D eigenvalue weighted by atomic mass is 10.1. The van der Waals surface area contributed by atoms with Gasteiger partial charge in [0, 0.05) is 32.0 Å². The molecule has 1 aliphatic heterocycles. The molecule has 1 fully saturated rings. The van der Waals surface area contributed by atoms with Gasteiger partial charge in [-0.1, -0.05) is 38.1 Å². The van der Waals surface area contributed by atoms with Crippen molar-refractivity contribution in [2.45, 2.75) is 39.8 Å². The van der Waals surface area contributed by atoms with Crippen molar-refractivity contribution < 1.29 is 9.59 Å². The molecular formula is C16H22N2O2. The van der Waals surface area contributed by atoms with E-state index in [2.05, 4.69) is 5.32 Å². The molecule has 0 aliphatic carbocycles. The van der Waals surface area contributed by atoms with Gasteiger partial charge in [0.1, 0.15) is 0 Å². The zero-order chi connectivity index (χ0) is 14.5. The Morgan fingerprint density at radius 3 is 2.60 bits per heavy atom. The summed E-state index contributed by atoms with van der Waals surface area (Å²) in [5, 5.41) is 2.93. The fourth-order valence-electron chi connectivity index (χ4n) is 2.35. The molecule has 0 bridgehead atoms. The molecular weight excluding hydrogens is 252 g/mol. The van der Waals surface area contributed by atoms with Crippen LogP contribution in [0.15, 0.2) is 24.3 Å². The Morgan fingerprint density at radius 2 is 2.00 bits per heavy atom. The van der Waals surface area contributed by atoms with E-state index in [1.807, 2.05) is 43.0 Å². The molecule has 1 saturated heterocycles. The van der Waals surface area contributed by atoms with Crippen LogP contribution in [0.1, 0.15) is 37.8 Å². The molecule has 2 rings (SSSR count). The first-order chi connectivity index (χ1) is 9.58. The summed E-state index contributed by atoms with van der Waals surface area (Å²) in [5.41, 5.74) is 2.20. The van der Waals surface area contributed by atoms with Gasteiger partial charge in [-0.15, -0.1) is 0 Å². The number of nitrogens with one attached hydrogen (secondary N) is 1. The Hall–Kier alpha value is -1.84. The van der Waals surface area contributed by atoms with Crippen LogP contribution < -0.4 is 5.32 Å². The van der Waals surface area contributed by atoms with Crippen LogP contribution >= 0.6 is 0 Å². The van der Waals surface area contributed by atoms with Crippen LogP contribution in [-0.4, -0.2) is 23.3 Å². The SMILES string of the molecule is CC(C)C(=O)NCc1ccccc1CN1CCCC1=O. The van der Waals surface area contributed by atoms with E-state index in [1.165, 1.54) is 0 Å². The maximum absolute atomic E-state index is 11.7. The van der Waals surface area contributed by atoms with E-state index < -0.39 is 0 Å². The number of benzene rings is 1. The van der Waals surface area contributed by atoms with E-state index in [9.17, 15) is 9.59 Å². The van der Waals surface area contributed by atoms with E-state index in [0.717, 1.165) is 24.1 Å². The van der Waals surface area contributed by atoms with Crippen molar-refractivity contribution in [2.75, 3.05) is 6.54 Å². The van der Waals surface area contributed by atoms with Crippen molar-refractivity contribution in [2.24, 2.45) is 5.92 Å². The molecule has 0 unspecified atom stereocenters. The molecule has 108 valence electrons. The van der Waals surface area contributed by atoms with Crippen LogP contribution in [0.3, 0.4) is 0 Å². The van der Waals surface area contributed by atoms with Gasteiger partial charge in [0.25, 0.3) is 0 Å². The molecule has 1 aliphatic rings. The van der Waals surface area contributed by atoms with Gasteiger partial charge in [-0.25, -0.2) is 0 Å². The number of carbonyl (C=O) groups is 2. The van der Waals surface area contributed by atoms with Gasteiger partial charge in [-0.2, -0.15) is 0 Å². The maximum Gasteiger partial charge on any atom is 0.222 e. The molecule has 4 nitrogen and oxygen atoms in total. The van der Waals surface area contributed by atoms with Crippen molar-refractivity contribution in [1.29, 1.82) is 0 Å². The highest BCUT2D eigenvalue weighted by atomic mass is 16.2. The van der Waals surface area contributed by atoms with Crippen LogP contribution in [0.4, 0.5) is 0 Å². The Labute approximate surface area is 120 Å². The predicted molar refractivity (Wildman–Crippen MR) is 77.8 cm³/mol. The summed E-state index contributed by atoms with van der Waals surface area (Å²) in [6.45, 7) is 5.77. The van der Waals surface area contributed by atoms with Crippen molar-refractivity contribution >= 4 is 11.8 Å². The fraction of sp³-hybridized carbons (Fsp3) is 0.500. The third-order valence-electron chi connectivity index (χ3n) is 3.63. The van der Waals surface area contributed by atoms with Crippen LogP contribution in [-0.2, 0) is 22.7 Å². The topological polar surface area (TPSA) is 49.4 Å². The molecule has 1 aromatic carbocycles. The first kappa shape index (κ1) is 14.6. The van der Waals surface area contributed by atoms with E-state index in [0.29, 0.717) is 19.5 Å². The second-order valence-corrected chi connectivity index (χ2v) is 5.56. The highest BCUT2D eigenvalue weighted by Crippen LogP contribution is 2.17. The minimum atomic E-state index is -0.0117. The molecule has 20 heavy (non-hydrogen) atoms. The lowest BCUT2D eigenvalue weighted by Crippen LogP contribution is -2.29. The van der Waals surface area contributed by atoms with Gasteiger partial charge in [0.05, 0.1) is 0 Å². The maximum atomic E-state index is 11.7. The van der Waals surface area contributed by atoms with Gasteiger partial charge < -0.3 is 10.2 Å². The number of nitrogens with zero attached hydrogens (tertiary/aromatic N) is 1. The number of hydrogen-bond donors (Lipinski definition) is 1. The summed E-state index contributed by atoms with van der Waals surface area (Å²) in [6.07, 6.45) is 1.61. The van der Waals surface area contributed by atoms with Crippen LogP contribution in [0.25, 0.3) is 0 Å². The quantitative estimate of drug-likeness (QED) is 0.893. The zero-order valence-electron chi connectivity index (χ0n) is 12.2. The third kappa shape index (κ3) is 3.59. The summed E-state index contributed by atoms with van der Waals surface area (Å²) >= 11 is 0. The van der Waals surface area contributed by atoms with E-state index >= 15 is 0 Å². The molecule has 1 N–H and O–H groups in total. The number of carbonyl (C=O) groups excluding carboxylic acids is 2. The first-order valence-electron chi connectivity index (χ1n) is 7.20. The minimum absolute atomic E-state index is 0.0117. The number of amides is 2. The van der Waals surface area contributed by atoms with Crippen molar-refractivity contribution in [1.82, 2.24) is 10.2 Å². The molecule has 4 heteroatoms. The zero-order valence-corrected chi connectivity index (χ0v) is 12.2. The lowest BCUT2D eigenvalue weighted by Gasteiger charge is -2.18. The molecule has 1 heterocycles. The van der Waals surface area contributed by atoms with E-state index in [4.69, 9.17) is 0 Å². The van der Waals surface area contributed by atoms with E-state index in [-0.39, 0.29) is 17.7 Å². The van der Waals surface area contributed by atoms with Crippen LogP contribution in [0, 0.1) is 5.92 Å². The fourth-order valence-corrected chi connectivity index (χ4v) is 2.35. The van der Waals surface area contributed by atoms with Gasteiger partial charge in [0.2, 0.25) is 11.8 Å². The average molecular weight is 274 g/mol. The molecule has 0 atom stereocenters. The molecule has 0 radical (unpaired) electrons. The molecule has 0 saturated carbocycles. The standard InChI is InChI=1S/C16H22N2O2/c1-12(2)16(20)17-10-13-6-3-4-7-14(13)11-18-9-5-8-15(18)19/h3-4,6-7,12H,5,8-11H2,1-2H3,(H,17,20). The van der Waals surface area contributed by atoms with Gasteiger partial charge in [0.15, 0.2) is 0 Å². The highest BCUT2D eigenvalue weighted by Gasteiger charge is 2.20. The largest absolute Gasteiger partial charge is 0.352 e. The molecule has 2 amide bonds. The average Bonchev–Trinajstić information content (AvgIpc) is 2.83. The summed E-state index contributed by atoms with van der Waals surface area (Å²) in [5.74, 6) is 0.269. The van der Waals surface area contributed by atoms with Crippen LogP contribution in [0.2, 0.25) is 0 Å². The minimum Gasteiger partial charge on any atom is -0.352 e. The van der Waals surface area contributed by atoms with Crippen LogP contribution in [0.5, 0.6) is 0 Å². The van der Waals surface area contributed by atoms with Gasteiger partial charge in [-0.05, 0) is 17.5 Å². The number of likely N-dealkylation sites (tertiary alicyclic amines) is 1. The lowest BCUT2D eigenvalue weighted by molar-refractivity contribution is -0.128.